The summed E-state index contributed by atoms with van der Waals surface area (Å²) in [7, 11) is 1.94. The third-order valence-corrected chi connectivity index (χ3v) is 4.90. The average Bonchev–Trinajstić information content (AvgIpc) is 2.74. The van der Waals surface area contributed by atoms with E-state index in [0.717, 1.165) is 5.56 Å². The fraction of sp³-hybridized carbons (Fsp3) is 0.333. The molecule has 0 aromatic heterocycles. The van der Waals surface area contributed by atoms with Crippen LogP contribution in [0.15, 0.2) is 65.9 Å². The van der Waals surface area contributed by atoms with Gasteiger partial charge in [0.15, 0.2) is 0 Å². The van der Waals surface area contributed by atoms with Crippen molar-refractivity contribution in [2.45, 2.75) is 26.4 Å². The van der Waals surface area contributed by atoms with Crippen LogP contribution in [0, 0.1) is 0 Å². The van der Waals surface area contributed by atoms with Crippen LogP contribution in [0.5, 0.6) is 5.75 Å². The molecule has 1 atom stereocenters. The summed E-state index contributed by atoms with van der Waals surface area (Å²) in [5, 5.41) is 5.69. The number of amides is 2. The molecule has 3 rings (SSSR count). The van der Waals surface area contributed by atoms with Gasteiger partial charge in [-0.15, -0.1) is 0 Å². The van der Waals surface area contributed by atoms with Crippen molar-refractivity contribution in [2.24, 2.45) is 0 Å². The van der Waals surface area contributed by atoms with Crippen LogP contribution >= 0.6 is 0 Å². The monoisotopic (exact) mass is 423 g/mol. The number of nitrogens with zero attached hydrogens (tertiary/aromatic N) is 1. The van der Waals surface area contributed by atoms with E-state index >= 15 is 0 Å². The van der Waals surface area contributed by atoms with Crippen LogP contribution in [-0.4, -0.2) is 43.7 Å². The molecule has 2 aromatic rings. The molecule has 0 fully saturated rings. The number of esters is 1. The molecule has 7 nitrogen and oxygen atoms in total. The van der Waals surface area contributed by atoms with Crippen molar-refractivity contribution in [2.75, 3.05) is 26.8 Å². The minimum Gasteiger partial charge on any atom is -0.494 e. The van der Waals surface area contributed by atoms with Gasteiger partial charge in [0.25, 0.3) is 0 Å². The Morgan fingerprint density at radius 2 is 1.71 bits per heavy atom. The number of rotatable bonds is 9. The second-order valence-corrected chi connectivity index (χ2v) is 7.27. The van der Waals surface area contributed by atoms with Crippen molar-refractivity contribution in [1.29, 1.82) is 0 Å². The Hall–Kier alpha value is -3.32. The number of nitrogens with one attached hydrogen (secondary N) is 2. The van der Waals surface area contributed by atoms with Gasteiger partial charge in [-0.25, -0.2) is 9.59 Å². The van der Waals surface area contributed by atoms with Crippen LogP contribution in [0.3, 0.4) is 0 Å². The lowest BCUT2D eigenvalue weighted by Crippen LogP contribution is -2.48. The van der Waals surface area contributed by atoms with Gasteiger partial charge in [0.2, 0.25) is 0 Å². The lowest BCUT2D eigenvalue weighted by Gasteiger charge is -2.31. The number of hydrogen-bond donors (Lipinski definition) is 2. The second-order valence-electron chi connectivity index (χ2n) is 7.27. The lowest BCUT2D eigenvalue weighted by molar-refractivity contribution is -0.139. The molecule has 0 radical (unpaired) electrons. The Labute approximate surface area is 183 Å². The van der Waals surface area contributed by atoms with Crippen LogP contribution in [0.1, 0.15) is 31.0 Å². The quantitative estimate of drug-likeness (QED) is 0.605. The molecule has 2 aromatic carbocycles. The standard InChI is InChI=1S/C24H29N3O4/c1-4-30-20-14-10-9-13-18(20)22-21(23(28)31-5-2)19(25-24(29)26-22)16-27(3)15-17-11-7-6-8-12-17/h6-14,22H,4-5,15-16H2,1-3H3,(H2,25,26,29)/t22-/m1/s1. The first-order chi connectivity index (χ1) is 15.0. The molecule has 1 aliphatic heterocycles. The molecule has 0 spiro atoms. The van der Waals surface area contributed by atoms with Gasteiger partial charge in [-0.3, -0.25) is 4.90 Å². The van der Waals surface area contributed by atoms with Crippen LogP contribution in [-0.2, 0) is 16.1 Å². The van der Waals surface area contributed by atoms with Crippen molar-refractivity contribution in [3.8, 4) is 5.75 Å². The number of carbonyl (C=O) groups excluding carboxylic acids is 2. The van der Waals surface area contributed by atoms with E-state index in [1.807, 2.05) is 73.5 Å². The smallest absolute Gasteiger partial charge is 0.338 e. The highest BCUT2D eigenvalue weighted by atomic mass is 16.5. The van der Waals surface area contributed by atoms with Crippen LogP contribution in [0.4, 0.5) is 4.79 Å². The predicted molar refractivity (Wildman–Crippen MR) is 118 cm³/mol. The molecule has 2 N–H and O–H groups in total. The van der Waals surface area contributed by atoms with E-state index in [9.17, 15) is 9.59 Å². The molecule has 2 amide bonds. The maximum Gasteiger partial charge on any atom is 0.338 e. The molecule has 7 heteroatoms. The molecule has 0 saturated carbocycles. The summed E-state index contributed by atoms with van der Waals surface area (Å²) in [6.07, 6.45) is 0. The summed E-state index contributed by atoms with van der Waals surface area (Å²) in [6.45, 7) is 5.42. The Bertz CT molecular complexity index is 943. The zero-order chi connectivity index (χ0) is 22.2. The molecule has 0 saturated heterocycles. The minimum absolute atomic E-state index is 0.239. The number of para-hydroxylation sites is 1. The minimum atomic E-state index is -0.671. The number of carbonyl (C=O) groups is 2. The van der Waals surface area contributed by atoms with Crippen molar-refractivity contribution in [1.82, 2.24) is 15.5 Å². The van der Waals surface area contributed by atoms with Gasteiger partial charge in [0, 0.05) is 24.4 Å². The molecule has 0 aliphatic carbocycles. The Morgan fingerprint density at radius 1 is 1.00 bits per heavy atom. The Balaban J connectivity index is 1.98. The first kappa shape index (κ1) is 22.4. The average molecular weight is 424 g/mol. The number of benzene rings is 2. The Kier molecular flexibility index (Phi) is 7.67. The highest BCUT2D eigenvalue weighted by Crippen LogP contribution is 2.33. The summed E-state index contributed by atoms with van der Waals surface area (Å²) < 4.78 is 11.1. The molecular formula is C24H29N3O4. The van der Waals surface area contributed by atoms with E-state index in [-0.39, 0.29) is 12.6 Å². The van der Waals surface area contributed by atoms with E-state index in [4.69, 9.17) is 9.47 Å². The first-order valence-corrected chi connectivity index (χ1v) is 10.4. The zero-order valence-corrected chi connectivity index (χ0v) is 18.2. The fourth-order valence-electron chi connectivity index (χ4n) is 3.65. The summed E-state index contributed by atoms with van der Waals surface area (Å²) >= 11 is 0. The van der Waals surface area contributed by atoms with Crippen LogP contribution in [0.2, 0.25) is 0 Å². The normalized spacial score (nSPS) is 16.0. The lowest BCUT2D eigenvalue weighted by atomic mass is 9.94. The number of urea groups is 1. The Morgan fingerprint density at radius 3 is 2.42 bits per heavy atom. The van der Waals surface area contributed by atoms with E-state index in [1.165, 1.54) is 0 Å². The van der Waals surface area contributed by atoms with E-state index in [2.05, 4.69) is 10.6 Å². The third kappa shape index (κ3) is 5.64. The van der Waals surface area contributed by atoms with Crippen molar-refractivity contribution >= 4 is 12.0 Å². The fourth-order valence-corrected chi connectivity index (χ4v) is 3.65. The maximum absolute atomic E-state index is 13.0. The number of likely N-dealkylation sites (N-methyl/N-ethyl adjacent to an activating group) is 1. The molecule has 1 heterocycles. The summed E-state index contributed by atoms with van der Waals surface area (Å²) in [4.78, 5) is 27.5. The molecule has 0 bridgehead atoms. The first-order valence-electron chi connectivity index (χ1n) is 10.4. The maximum atomic E-state index is 13.0. The molecule has 1 aliphatic rings. The zero-order valence-electron chi connectivity index (χ0n) is 18.2. The number of ether oxygens (including phenoxy) is 2. The van der Waals surface area contributed by atoms with Gasteiger partial charge < -0.3 is 20.1 Å². The van der Waals surface area contributed by atoms with Crippen molar-refractivity contribution < 1.29 is 19.1 Å². The van der Waals surface area contributed by atoms with Gasteiger partial charge in [0.1, 0.15) is 5.75 Å². The van der Waals surface area contributed by atoms with Gasteiger partial charge >= 0.3 is 12.0 Å². The topological polar surface area (TPSA) is 79.9 Å². The van der Waals surface area contributed by atoms with Gasteiger partial charge in [-0.2, -0.15) is 0 Å². The molecular weight excluding hydrogens is 394 g/mol. The summed E-state index contributed by atoms with van der Waals surface area (Å²) in [5.74, 6) is 0.158. The van der Waals surface area contributed by atoms with Gasteiger partial charge in [-0.1, -0.05) is 48.5 Å². The van der Waals surface area contributed by atoms with Crippen molar-refractivity contribution in [3.63, 3.8) is 0 Å². The predicted octanol–water partition coefficient (Wildman–Crippen LogP) is 3.39. The summed E-state index contributed by atoms with van der Waals surface area (Å²) in [5.41, 5.74) is 2.76. The van der Waals surface area contributed by atoms with E-state index in [0.29, 0.717) is 42.3 Å². The van der Waals surface area contributed by atoms with Crippen LogP contribution in [0.25, 0.3) is 0 Å². The second kappa shape index (κ2) is 10.6. The van der Waals surface area contributed by atoms with E-state index in [1.54, 1.807) is 6.92 Å². The van der Waals surface area contributed by atoms with Crippen molar-refractivity contribution in [3.05, 3.63) is 77.0 Å². The molecule has 164 valence electrons. The van der Waals surface area contributed by atoms with E-state index < -0.39 is 12.0 Å². The van der Waals surface area contributed by atoms with Gasteiger partial charge in [0.05, 0.1) is 24.8 Å². The SMILES string of the molecule is CCOC(=O)C1=C(CN(C)Cc2ccccc2)NC(=O)N[C@@H]1c1ccccc1OCC. The molecule has 31 heavy (non-hydrogen) atoms. The highest BCUT2D eigenvalue weighted by Gasteiger charge is 2.35. The summed E-state index contributed by atoms with van der Waals surface area (Å²) in [6, 6.07) is 16.4. The van der Waals surface area contributed by atoms with Crippen LogP contribution < -0.4 is 15.4 Å². The largest absolute Gasteiger partial charge is 0.494 e. The third-order valence-electron chi connectivity index (χ3n) is 4.90. The highest BCUT2D eigenvalue weighted by molar-refractivity contribution is 5.95. The number of hydrogen-bond acceptors (Lipinski definition) is 5. The van der Waals surface area contributed by atoms with Gasteiger partial charge in [-0.05, 0) is 32.5 Å². The molecule has 0 unspecified atom stereocenters.